The van der Waals surface area contributed by atoms with E-state index >= 15 is 0 Å². The van der Waals surface area contributed by atoms with Crippen LogP contribution in [0.2, 0.25) is 0 Å². The highest BCUT2D eigenvalue weighted by Gasteiger charge is 2.38. The van der Waals surface area contributed by atoms with Crippen molar-refractivity contribution in [3.05, 3.63) is 41.6 Å². The molecule has 0 aliphatic carbocycles. The molecule has 1 fully saturated rings. The van der Waals surface area contributed by atoms with Gasteiger partial charge in [-0.2, -0.15) is 10.4 Å². The Hall–Kier alpha value is -2.65. The Bertz CT molecular complexity index is 826. The number of carbonyl (C=O) groups excluding carboxylic acids is 1. The average molecular weight is 351 g/mol. The van der Waals surface area contributed by atoms with Crippen molar-refractivity contribution < 1.29 is 4.79 Å². The molecule has 2 heterocycles. The summed E-state index contributed by atoms with van der Waals surface area (Å²) in [6.07, 6.45) is 1.75. The second kappa shape index (κ2) is 6.58. The lowest BCUT2D eigenvalue weighted by Gasteiger charge is -2.46. The summed E-state index contributed by atoms with van der Waals surface area (Å²) >= 11 is 0. The summed E-state index contributed by atoms with van der Waals surface area (Å²) in [7, 11) is 0. The molecular formula is C20H25N5O. The smallest absolute Gasteiger partial charge is 0.269 e. The van der Waals surface area contributed by atoms with Crippen molar-refractivity contribution in [2.75, 3.05) is 0 Å². The molecule has 1 aliphatic rings. The standard InChI is InChI=1S/C20H25N5O/c1-19(2)10-15(11-20(3,4)25-19)22-18(26)17-9-16(23-24-17)14-7-5-13(12-21)6-8-14/h5-9,15,25H,10-11H2,1-4H3,(H,22,26)(H,23,24). The van der Waals surface area contributed by atoms with E-state index in [1.807, 2.05) is 12.1 Å². The SMILES string of the molecule is CC1(C)CC(NC(=O)c2cc(-c3ccc(C#N)cc3)n[nH]2)CC(C)(C)N1. The maximum absolute atomic E-state index is 12.6. The number of nitrogens with zero attached hydrogens (tertiary/aromatic N) is 2. The van der Waals surface area contributed by atoms with Crippen LogP contribution in [-0.4, -0.2) is 33.2 Å². The normalized spacial score (nSPS) is 18.9. The fourth-order valence-corrected chi connectivity index (χ4v) is 3.99. The number of benzene rings is 1. The van der Waals surface area contributed by atoms with Gasteiger partial charge >= 0.3 is 0 Å². The first kappa shape index (κ1) is 18.2. The van der Waals surface area contributed by atoms with Crippen molar-refractivity contribution in [3.63, 3.8) is 0 Å². The van der Waals surface area contributed by atoms with E-state index in [0.29, 0.717) is 17.0 Å². The summed E-state index contributed by atoms with van der Waals surface area (Å²) in [6, 6.07) is 11.1. The average Bonchev–Trinajstić information content (AvgIpc) is 3.02. The fraction of sp³-hybridized carbons (Fsp3) is 0.450. The number of nitriles is 1. The Morgan fingerprint density at radius 3 is 2.38 bits per heavy atom. The first-order chi connectivity index (χ1) is 12.2. The summed E-state index contributed by atoms with van der Waals surface area (Å²) in [4.78, 5) is 12.6. The van der Waals surface area contributed by atoms with Crippen LogP contribution in [0, 0.1) is 11.3 Å². The van der Waals surface area contributed by atoms with Gasteiger partial charge in [0.2, 0.25) is 0 Å². The van der Waals surface area contributed by atoms with Crippen molar-refractivity contribution in [1.82, 2.24) is 20.8 Å². The van der Waals surface area contributed by atoms with E-state index in [4.69, 9.17) is 5.26 Å². The van der Waals surface area contributed by atoms with E-state index in [2.05, 4.69) is 54.6 Å². The molecule has 1 aromatic heterocycles. The maximum atomic E-state index is 12.6. The van der Waals surface area contributed by atoms with Crippen molar-refractivity contribution in [2.45, 2.75) is 57.7 Å². The molecule has 6 nitrogen and oxygen atoms in total. The van der Waals surface area contributed by atoms with Crippen LogP contribution in [0.5, 0.6) is 0 Å². The number of carbonyl (C=O) groups is 1. The zero-order valence-corrected chi connectivity index (χ0v) is 15.7. The summed E-state index contributed by atoms with van der Waals surface area (Å²) in [5.74, 6) is -0.143. The molecule has 136 valence electrons. The number of nitrogens with one attached hydrogen (secondary N) is 3. The van der Waals surface area contributed by atoms with Crippen molar-refractivity contribution in [1.29, 1.82) is 5.26 Å². The van der Waals surface area contributed by atoms with Gasteiger partial charge in [0.1, 0.15) is 5.69 Å². The van der Waals surface area contributed by atoms with Crippen LogP contribution < -0.4 is 10.6 Å². The maximum Gasteiger partial charge on any atom is 0.269 e. The molecule has 6 heteroatoms. The Balaban J connectivity index is 1.71. The summed E-state index contributed by atoms with van der Waals surface area (Å²) in [5.41, 5.74) is 2.54. The minimum absolute atomic E-state index is 0.0265. The summed E-state index contributed by atoms with van der Waals surface area (Å²) in [6.45, 7) is 8.64. The lowest BCUT2D eigenvalue weighted by Crippen LogP contribution is -2.62. The number of aromatic nitrogens is 2. The van der Waals surface area contributed by atoms with Gasteiger partial charge in [-0.1, -0.05) is 12.1 Å². The molecule has 0 saturated carbocycles. The fourth-order valence-electron chi connectivity index (χ4n) is 3.99. The van der Waals surface area contributed by atoms with Gasteiger partial charge < -0.3 is 10.6 Å². The van der Waals surface area contributed by atoms with Crippen molar-refractivity contribution in [3.8, 4) is 17.3 Å². The number of hydrogen-bond donors (Lipinski definition) is 3. The second-order valence-corrected chi connectivity index (χ2v) is 8.33. The molecule has 26 heavy (non-hydrogen) atoms. The third-order valence-electron chi connectivity index (χ3n) is 4.66. The second-order valence-electron chi connectivity index (χ2n) is 8.33. The van der Waals surface area contributed by atoms with Crippen LogP contribution in [0.4, 0.5) is 0 Å². The predicted octanol–water partition coefficient (Wildman–Crippen LogP) is 2.99. The van der Waals surface area contributed by atoms with Gasteiger partial charge in [-0.05, 0) is 58.7 Å². The highest BCUT2D eigenvalue weighted by Crippen LogP contribution is 2.28. The molecule has 0 atom stereocenters. The molecule has 1 amide bonds. The molecule has 2 aromatic rings. The van der Waals surface area contributed by atoms with Crippen LogP contribution in [-0.2, 0) is 0 Å². The Morgan fingerprint density at radius 1 is 1.19 bits per heavy atom. The molecule has 1 aromatic carbocycles. The zero-order chi connectivity index (χ0) is 18.9. The number of H-pyrrole nitrogens is 1. The number of hydrogen-bond acceptors (Lipinski definition) is 4. The van der Waals surface area contributed by atoms with Crippen molar-refractivity contribution >= 4 is 5.91 Å². The zero-order valence-electron chi connectivity index (χ0n) is 15.7. The topological polar surface area (TPSA) is 93.6 Å². The lowest BCUT2D eigenvalue weighted by atomic mass is 9.79. The number of amides is 1. The molecule has 1 aliphatic heterocycles. The van der Waals surface area contributed by atoms with Gasteiger partial charge in [-0.15, -0.1) is 0 Å². The van der Waals surface area contributed by atoms with E-state index in [9.17, 15) is 4.79 Å². The predicted molar refractivity (Wildman–Crippen MR) is 101 cm³/mol. The Kier molecular flexibility index (Phi) is 4.59. The monoisotopic (exact) mass is 351 g/mol. The number of piperidine rings is 1. The van der Waals surface area contributed by atoms with E-state index in [0.717, 1.165) is 18.4 Å². The van der Waals surface area contributed by atoms with E-state index in [-0.39, 0.29) is 23.0 Å². The third-order valence-corrected chi connectivity index (χ3v) is 4.66. The Morgan fingerprint density at radius 2 is 1.81 bits per heavy atom. The van der Waals surface area contributed by atoms with Crippen molar-refractivity contribution in [2.24, 2.45) is 0 Å². The molecule has 0 radical (unpaired) electrons. The molecule has 1 saturated heterocycles. The van der Waals surface area contributed by atoms with Crippen LogP contribution in [0.25, 0.3) is 11.3 Å². The van der Waals surface area contributed by atoms with Gasteiger partial charge in [0.05, 0.1) is 17.3 Å². The third kappa shape index (κ3) is 4.12. The van der Waals surface area contributed by atoms with E-state index in [1.54, 1.807) is 18.2 Å². The van der Waals surface area contributed by atoms with Gasteiger partial charge in [0.25, 0.3) is 5.91 Å². The first-order valence-electron chi connectivity index (χ1n) is 8.84. The lowest BCUT2D eigenvalue weighted by molar-refractivity contribution is 0.0868. The number of rotatable bonds is 3. The number of aromatic amines is 1. The van der Waals surface area contributed by atoms with Gasteiger partial charge in [-0.3, -0.25) is 9.89 Å². The largest absolute Gasteiger partial charge is 0.348 e. The van der Waals surface area contributed by atoms with Gasteiger partial charge in [-0.25, -0.2) is 0 Å². The minimum atomic E-state index is -0.143. The minimum Gasteiger partial charge on any atom is -0.348 e. The van der Waals surface area contributed by atoms with Crippen LogP contribution in [0.3, 0.4) is 0 Å². The molecule has 3 N–H and O–H groups in total. The molecule has 0 spiro atoms. The van der Waals surface area contributed by atoms with Crippen LogP contribution in [0.15, 0.2) is 30.3 Å². The quantitative estimate of drug-likeness (QED) is 0.792. The highest BCUT2D eigenvalue weighted by atomic mass is 16.2. The highest BCUT2D eigenvalue weighted by molar-refractivity contribution is 5.93. The van der Waals surface area contributed by atoms with E-state index < -0.39 is 0 Å². The van der Waals surface area contributed by atoms with Gasteiger partial charge in [0.15, 0.2) is 0 Å². The van der Waals surface area contributed by atoms with E-state index in [1.165, 1.54) is 0 Å². The molecule has 0 unspecified atom stereocenters. The van der Waals surface area contributed by atoms with Crippen LogP contribution in [0.1, 0.15) is 56.6 Å². The summed E-state index contributed by atoms with van der Waals surface area (Å²) in [5, 5.41) is 22.7. The summed E-state index contributed by atoms with van der Waals surface area (Å²) < 4.78 is 0. The molecule has 3 rings (SSSR count). The first-order valence-corrected chi connectivity index (χ1v) is 8.84. The Labute approximate surface area is 154 Å². The van der Waals surface area contributed by atoms with Gasteiger partial charge in [0, 0.05) is 22.7 Å². The molecule has 0 bridgehead atoms. The molecular weight excluding hydrogens is 326 g/mol. The van der Waals surface area contributed by atoms with Crippen LogP contribution >= 0.6 is 0 Å².